The van der Waals surface area contributed by atoms with Crippen molar-refractivity contribution in [2.24, 2.45) is 7.05 Å². The summed E-state index contributed by atoms with van der Waals surface area (Å²) in [6.07, 6.45) is 2.69. The van der Waals surface area contributed by atoms with E-state index >= 15 is 0 Å². The van der Waals surface area contributed by atoms with Gasteiger partial charge in [-0.25, -0.2) is 9.67 Å². The van der Waals surface area contributed by atoms with Crippen LogP contribution in [0.3, 0.4) is 0 Å². The topological polar surface area (TPSA) is 78.0 Å². The molecule has 1 N–H and O–H groups in total. The summed E-state index contributed by atoms with van der Waals surface area (Å²) in [6.45, 7) is 4.30. The Morgan fingerprint density at radius 2 is 2.00 bits per heavy atom. The van der Waals surface area contributed by atoms with Crippen LogP contribution < -0.4 is 4.74 Å². The number of aliphatic hydroxyl groups is 1. The van der Waals surface area contributed by atoms with Gasteiger partial charge >= 0.3 is 0 Å². The number of hydrogen-bond donors (Lipinski definition) is 1. The van der Waals surface area contributed by atoms with Gasteiger partial charge < -0.3 is 9.84 Å². The zero-order valence-electron chi connectivity index (χ0n) is 15.7. The number of aryl methyl sites for hydroxylation is 2. The average Bonchev–Trinajstić information content (AvgIpc) is 3.17. The minimum Gasteiger partial charge on any atom is -0.496 e. The molecule has 3 rings (SSSR count). The first kappa shape index (κ1) is 18.1. The van der Waals surface area contributed by atoms with E-state index in [-0.39, 0.29) is 0 Å². The van der Waals surface area contributed by atoms with E-state index in [0.717, 1.165) is 28.4 Å². The standard InChI is InChI=1S/C19H25N5O2/c1-5-15(25)11-24-19(16-12-23(3)21-13(16)2)20-18(22-24)10-14-8-6-7-9-17(14)26-4/h6-9,12,15,25H,5,10-11H2,1-4H3/t15-/m0/s1. The van der Waals surface area contributed by atoms with Gasteiger partial charge in [0.25, 0.3) is 0 Å². The number of aromatic nitrogens is 5. The predicted molar refractivity (Wildman–Crippen MR) is 99.1 cm³/mol. The maximum absolute atomic E-state index is 10.1. The van der Waals surface area contributed by atoms with Crippen LogP contribution in [0.4, 0.5) is 0 Å². The van der Waals surface area contributed by atoms with Crippen LogP contribution in [0.15, 0.2) is 30.5 Å². The summed E-state index contributed by atoms with van der Waals surface area (Å²) in [5, 5.41) is 19.2. The lowest BCUT2D eigenvalue weighted by Crippen LogP contribution is -2.17. The third kappa shape index (κ3) is 3.77. The van der Waals surface area contributed by atoms with Gasteiger partial charge in [0.1, 0.15) is 5.75 Å². The Hall–Kier alpha value is -2.67. The fourth-order valence-corrected chi connectivity index (χ4v) is 2.96. The number of benzene rings is 1. The molecule has 1 aromatic carbocycles. The molecule has 0 radical (unpaired) electrons. The minimum atomic E-state index is -0.466. The average molecular weight is 355 g/mol. The molecule has 26 heavy (non-hydrogen) atoms. The number of nitrogens with zero attached hydrogens (tertiary/aromatic N) is 5. The number of methoxy groups -OCH3 is 1. The van der Waals surface area contributed by atoms with Crippen molar-refractivity contribution in [3.63, 3.8) is 0 Å². The highest BCUT2D eigenvalue weighted by atomic mass is 16.5. The van der Waals surface area contributed by atoms with Crippen molar-refractivity contribution in [3.8, 4) is 17.1 Å². The molecule has 7 nitrogen and oxygen atoms in total. The van der Waals surface area contributed by atoms with Gasteiger partial charge in [-0.2, -0.15) is 10.2 Å². The molecule has 0 aliphatic heterocycles. The second-order valence-corrected chi connectivity index (χ2v) is 6.39. The van der Waals surface area contributed by atoms with E-state index < -0.39 is 6.10 Å². The normalized spacial score (nSPS) is 12.3. The van der Waals surface area contributed by atoms with Gasteiger partial charge in [0.05, 0.1) is 31.0 Å². The van der Waals surface area contributed by atoms with E-state index in [4.69, 9.17) is 9.72 Å². The van der Waals surface area contributed by atoms with Crippen molar-refractivity contribution in [3.05, 3.63) is 47.5 Å². The Kier molecular flexibility index (Phi) is 5.37. The largest absolute Gasteiger partial charge is 0.496 e. The Balaban J connectivity index is 1.99. The summed E-state index contributed by atoms with van der Waals surface area (Å²) >= 11 is 0. The van der Waals surface area contributed by atoms with Crippen molar-refractivity contribution in [2.75, 3.05) is 7.11 Å². The number of hydrogen-bond acceptors (Lipinski definition) is 5. The van der Waals surface area contributed by atoms with Crippen LogP contribution in [0.25, 0.3) is 11.4 Å². The number of ether oxygens (including phenoxy) is 1. The summed E-state index contributed by atoms with van der Waals surface area (Å²) in [6, 6.07) is 7.85. The molecule has 138 valence electrons. The van der Waals surface area contributed by atoms with Gasteiger partial charge in [-0.15, -0.1) is 0 Å². The third-order valence-electron chi connectivity index (χ3n) is 4.37. The molecule has 7 heteroatoms. The molecule has 2 heterocycles. The van der Waals surface area contributed by atoms with Crippen LogP contribution in [-0.2, 0) is 20.0 Å². The molecular weight excluding hydrogens is 330 g/mol. The molecule has 0 bridgehead atoms. The van der Waals surface area contributed by atoms with E-state index in [1.807, 2.05) is 51.4 Å². The van der Waals surface area contributed by atoms with Gasteiger partial charge in [-0.1, -0.05) is 25.1 Å². The molecule has 0 aliphatic carbocycles. The molecule has 0 aliphatic rings. The van der Waals surface area contributed by atoms with Crippen LogP contribution in [-0.4, -0.2) is 42.9 Å². The Morgan fingerprint density at radius 1 is 1.23 bits per heavy atom. The van der Waals surface area contributed by atoms with Gasteiger partial charge in [-0.3, -0.25) is 4.68 Å². The Morgan fingerprint density at radius 3 is 2.65 bits per heavy atom. The number of para-hydroxylation sites is 1. The molecule has 1 atom stereocenters. The van der Waals surface area contributed by atoms with Gasteiger partial charge in [-0.05, 0) is 19.4 Å². The maximum Gasteiger partial charge on any atom is 0.161 e. The summed E-state index contributed by atoms with van der Waals surface area (Å²) in [4.78, 5) is 4.74. The Bertz CT molecular complexity index is 884. The lowest BCUT2D eigenvalue weighted by molar-refractivity contribution is 0.145. The monoisotopic (exact) mass is 355 g/mol. The van der Waals surface area contributed by atoms with Crippen molar-refractivity contribution in [2.45, 2.75) is 39.3 Å². The van der Waals surface area contributed by atoms with Crippen molar-refractivity contribution in [1.29, 1.82) is 0 Å². The first-order valence-corrected chi connectivity index (χ1v) is 8.76. The van der Waals surface area contributed by atoms with E-state index in [2.05, 4.69) is 10.2 Å². The van der Waals surface area contributed by atoms with Gasteiger partial charge in [0, 0.05) is 25.2 Å². The summed E-state index contributed by atoms with van der Waals surface area (Å²) in [5.74, 6) is 2.24. The van der Waals surface area contributed by atoms with E-state index in [1.165, 1.54) is 0 Å². The minimum absolute atomic E-state index is 0.402. The molecular formula is C19H25N5O2. The van der Waals surface area contributed by atoms with Crippen LogP contribution in [0.1, 0.15) is 30.4 Å². The van der Waals surface area contributed by atoms with Gasteiger partial charge in [0.15, 0.2) is 11.6 Å². The zero-order valence-corrected chi connectivity index (χ0v) is 15.7. The fourth-order valence-electron chi connectivity index (χ4n) is 2.96. The van der Waals surface area contributed by atoms with Crippen LogP contribution in [0, 0.1) is 6.92 Å². The van der Waals surface area contributed by atoms with E-state index in [0.29, 0.717) is 25.2 Å². The molecule has 0 amide bonds. The van der Waals surface area contributed by atoms with Crippen LogP contribution in [0.5, 0.6) is 5.75 Å². The summed E-state index contributed by atoms with van der Waals surface area (Å²) in [5.41, 5.74) is 2.84. The van der Waals surface area contributed by atoms with Crippen LogP contribution >= 0.6 is 0 Å². The van der Waals surface area contributed by atoms with Crippen LogP contribution in [0.2, 0.25) is 0 Å². The fraction of sp³-hybridized carbons (Fsp3) is 0.421. The second kappa shape index (κ2) is 7.70. The Labute approximate surface area is 153 Å². The molecule has 0 saturated heterocycles. The highest BCUT2D eigenvalue weighted by Crippen LogP contribution is 2.24. The lowest BCUT2D eigenvalue weighted by Gasteiger charge is -2.09. The van der Waals surface area contributed by atoms with Gasteiger partial charge in [0.2, 0.25) is 0 Å². The molecule has 0 unspecified atom stereocenters. The number of rotatable bonds is 7. The van der Waals surface area contributed by atoms with E-state index in [1.54, 1.807) is 16.5 Å². The van der Waals surface area contributed by atoms with E-state index in [9.17, 15) is 5.11 Å². The lowest BCUT2D eigenvalue weighted by atomic mass is 10.1. The second-order valence-electron chi connectivity index (χ2n) is 6.39. The van der Waals surface area contributed by atoms with Crippen molar-refractivity contribution >= 4 is 0 Å². The van der Waals surface area contributed by atoms with Crippen molar-refractivity contribution < 1.29 is 9.84 Å². The molecule has 0 fully saturated rings. The first-order valence-electron chi connectivity index (χ1n) is 8.76. The molecule has 3 aromatic rings. The number of aliphatic hydroxyl groups excluding tert-OH is 1. The SMILES string of the molecule is CC[C@H](O)Cn1nc(Cc2ccccc2OC)nc1-c1cn(C)nc1C. The smallest absolute Gasteiger partial charge is 0.161 e. The predicted octanol–water partition coefficient (Wildman–Crippen LogP) is 2.36. The molecule has 2 aromatic heterocycles. The highest BCUT2D eigenvalue weighted by Gasteiger charge is 2.19. The quantitative estimate of drug-likeness (QED) is 0.704. The zero-order chi connectivity index (χ0) is 18.7. The molecule has 0 spiro atoms. The summed E-state index contributed by atoms with van der Waals surface area (Å²) in [7, 11) is 3.54. The third-order valence-corrected chi connectivity index (χ3v) is 4.37. The van der Waals surface area contributed by atoms with Crippen molar-refractivity contribution in [1.82, 2.24) is 24.5 Å². The highest BCUT2D eigenvalue weighted by molar-refractivity contribution is 5.57. The molecule has 0 saturated carbocycles. The maximum atomic E-state index is 10.1. The first-order chi connectivity index (χ1) is 12.5. The summed E-state index contributed by atoms with van der Waals surface area (Å²) < 4.78 is 8.97.